The largest absolute Gasteiger partial charge is 0.480 e. The van der Waals surface area contributed by atoms with Crippen LogP contribution in [0.5, 0.6) is 0 Å². The fraction of sp³-hybridized carbons (Fsp3) is 0.778. The van der Waals surface area contributed by atoms with Crippen LogP contribution in [0.15, 0.2) is 16.3 Å². The predicted molar refractivity (Wildman–Crippen MR) is 103 cm³/mol. The van der Waals surface area contributed by atoms with Crippen LogP contribution in [0.4, 0.5) is 0 Å². The van der Waals surface area contributed by atoms with E-state index < -0.39 is 21.7 Å². The quantitative estimate of drug-likeness (QED) is 0.773. The molecule has 0 unspecified atom stereocenters. The highest BCUT2D eigenvalue weighted by Gasteiger charge is 2.43. The fourth-order valence-corrected chi connectivity index (χ4v) is 5.04. The zero-order valence-electron chi connectivity index (χ0n) is 16.8. The van der Waals surface area contributed by atoms with Gasteiger partial charge in [-0.1, -0.05) is 41.5 Å². The number of hydrogen-bond acceptors (Lipinski definition) is 5. The van der Waals surface area contributed by atoms with E-state index in [2.05, 4.69) is 58.1 Å². The van der Waals surface area contributed by atoms with Gasteiger partial charge in [-0.15, -0.1) is 0 Å². The molecular formula is C18H31N3O4S. The van der Waals surface area contributed by atoms with Crippen LogP contribution in [0.3, 0.4) is 0 Å². The summed E-state index contributed by atoms with van der Waals surface area (Å²) in [4.78, 5) is 17.9. The molecule has 2 heterocycles. The van der Waals surface area contributed by atoms with Crippen LogP contribution >= 0.6 is 0 Å². The zero-order valence-corrected chi connectivity index (χ0v) is 17.6. The Morgan fingerprint density at radius 1 is 1.23 bits per heavy atom. The molecule has 2 atom stereocenters. The number of sulfonamides is 1. The molecule has 2 rings (SSSR count). The van der Waals surface area contributed by atoms with Crippen molar-refractivity contribution in [3.05, 3.63) is 11.3 Å². The Balaban J connectivity index is 2.41. The number of carboxylic acid groups (broad SMARTS) is 1. The Labute approximate surface area is 156 Å². The van der Waals surface area contributed by atoms with Crippen molar-refractivity contribution in [1.82, 2.24) is 9.62 Å². The Kier molecular flexibility index (Phi) is 5.33. The van der Waals surface area contributed by atoms with Crippen LogP contribution < -0.4 is 4.72 Å². The summed E-state index contributed by atoms with van der Waals surface area (Å²) in [5, 5.41) is 8.80. The molecule has 7 nitrogen and oxygen atoms in total. The summed E-state index contributed by atoms with van der Waals surface area (Å²) in [5.74, 6) is -1.31. The van der Waals surface area contributed by atoms with Gasteiger partial charge in [0.15, 0.2) is 5.75 Å². The number of aliphatic carboxylic acids is 1. The molecule has 148 valence electrons. The van der Waals surface area contributed by atoms with Crippen LogP contribution in [-0.4, -0.2) is 54.6 Å². The van der Waals surface area contributed by atoms with Gasteiger partial charge in [-0.25, -0.2) is 13.1 Å². The van der Waals surface area contributed by atoms with E-state index in [4.69, 9.17) is 10.1 Å². The Hall–Kier alpha value is -1.41. The average Bonchev–Trinajstić information content (AvgIpc) is 2.74. The highest BCUT2D eigenvalue weighted by Crippen LogP contribution is 2.42. The van der Waals surface area contributed by atoms with Crippen molar-refractivity contribution >= 4 is 21.8 Å². The molecule has 2 aliphatic heterocycles. The number of aliphatic imine (C=N–C) groups is 1. The van der Waals surface area contributed by atoms with E-state index >= 15 is 0 Å². The summed E-state index contributed by atoms with van der Waals surface area (Å²) in [6.07, 6.45) is 0.547. The molecule has 0 saturated carbocycles. The predicted octanol–water partition coefficient (Wildman–Crippen LogP) is 2.21. The molecule has 1 saturated heterocycles. The molecule has 0 aliphatic carbocycles. The van der Waals surface area contributed by atoms with Gasteiger partial charge in [0, 0.05) is 30.1 Å². The Morgan fingerprint density at radius 2 is 1.81 bits per heavy atom. The second-order valence-corrected chi connectivity index (χ2v) is 11.0. The molecule has 0 radical (unpaired) electrons. The number of nitrogens with one attached hydrogen (secondary N) is 1. The monoisotopic (exact) mass is 385 g/mol. The van der Waals surface area contributed by atoms with Gasteiger partial charge < -0.3 is 10.0 Å². The molecule has 1 fully saturated rings. The molecule has 2 aliphatic rings. The van der Waals surface area contributed by atoms with Crippen molar-refractivity contribution in [2.75, 3.05) is 12.3 Å². The zero-order chi connectivity index (χ0) is 20.1. The molecule has 26 heavy (non-hydrogen) atoms. The Morgan fingerprint density at radius 3 is 2.27 bits per heavy atom. The lowest BCUT2D eigenvalue weighted by molar-refractivity contribution is -0.134. The van der Waals surface area contributed by atoms with Crippen LogP contribution in [0.1, 0.15) is 54.9 Å². The van der Waals surface area contributed by atoms with Gasteiger partial charge in [-0.2, -0.15) is 0 Å². The minimum atomic E-state index is -3.87. The van der Waals surface area contributed by atoms with E-state index in [0.717, 1.165) is 11.5 Å². The first kappa shape index (κ1) is 20.9. The smallest absolute Gasteiger partial charge is 0.320 e. The van der Waals surface area contributed by atoms with Gasteiger partial charge in [0.2, 0.25) is 10.0 Å². The topological polar surface area (TPSA) is 99.1 Å². The number of hydrogen-bond donors (Lipinski definition) is 2. The molecule has 8 heteroatoms. The second kappa shape index (κ2) is 6.64. The lowest BCUT2D eigenvalue weighted by Gasteiger charge is -2.41. The normalized spacial score (nSPS) is 24.6. The first-order valence-corrected chi connectivity index (χ1v) is 10.6. The summed E-state index contributed by atoms with van der Waals surface area (Å²) in [5.41, 5.74) is 2.07. The number of nitrogens with zero attached hydrogens (tertiary/aromatic N) is 2. The van der Waals surface area contributed by atoms with Crippen LogP contribution in [0.25, 0.3) is 0 Å². The van der Waals surface area contributed by atoms with Crippen molar-refractivity contribution in [1.29, 1.82) is 0 Å². The van der Waals surface area contributed by atoms with E-state index in [1.807, 2.05) is 0 Å². The van der Waals surface area contributed by atoms with Crippen molar-refractivity contribution in [2.24, 2.45) is 15.8 Å². The SMILES string of the molecule is C[C@@H]1N=C(C(C)(C)C)N2C[C@@H](NS(=O)(=O)CC(=O)O)CC2=C1C(C)(C)C. The second-order valence-electron chi connectivity index (χ2n) is 9.27. The van der Waals surface area contributed by atoms with Crippen LogP contribution in [0, 0.1) is 10.8 Å². The van der Waals surface area contributed by atoms with E-state index in [1.54, 1.807) is 0 Å². The third kappa shape index (κ3) is 4.46. The molecule has 0 aromatic rings. The van der Waals surface area contributed by atoms with Crippen molar-refractivity contribution in [2.45, 2.75) is 67.0 Å². The molecule has 0 bridgehead atoms. The van der Waals surface area contributed by atoms with E-state index in [0.29, 0.717) is 13.0 Å². The summed E-state index contributed by atoms with van der Waals surface area (Å²) in [6.45, 7) is 15.3. The lowest BCUT2D eigenvalue weighted by Crippen LogP contribution is -2.45. The highest BCUT2D eigenvalue weighted by atomic mass is 32.2. The third-order valence-electron chi connectivity index (χ3n) is 4.61. The first-order valence-electron chi connectivity index (χ1n) is 8.93. The molecule has 0 amide bonds. The minimum absolute atomic E-state index is 0.0323. The molecule has 2 N–H and O–H groups in total. The van der Waals surface area contributed by atoms with E-state index in [9.17, 15) is 13.2 Å². The lowest BCUT2D eigenvalue weighted by atomic mass is 9.79. The maximum Gasteiger partial charge on any atom is 0.320 e. The maximum atomic E-state index is 12.1. The van der Waals surface area contributed by atoms with Crippen LogP contribution in [-0.2, 0) is 14.8 Å². The minimum Gasteiger partial charge on any atom is -0.480 e. The third-order valence-corrected chi connectivity index (χ3v) is 5.93. The number of rotatable bonds is 4. The first-order chi connectivity index (χ1) is 11.6. The highest BCUT2D eigenvalue weighted by molar-refractivity contribution is 7.90. The van der Waals surface area contributed by atoms with E-state index in [1.165, 1.54) is 5.57 Å². The molecule has 0 aromatic carbocycles. The summed E-state index contributed by atoms with van der Waals surface area (Å²) < 4.78 is 26.7. The maximum absolute atomic E-state index is 12.1. The standard InChI is InChI=1S/C18H31N3O4S/c1-11-15(17(2,3)4)13-8-12(20-26(24,25)10-14(22)23)9-21(13)16(19-11)18(5,6)7/h11-12,20H,8-10H2,1-7H3,(H,22,23)/t11-,12-/m0/s1. The molecular weight excluding hydrogens is 354 g/mol. The Bertz CT molecular complexity index is 754. The summed E-state index contributed by atoms with van der Waals surface area (Å²) in [6, 6.07) is -0.325. The average molecular weight is 386 g/mol. The van der Waals surface area contributed by atoms with Gasteiger partial charge in [-0.05, 0) is 17.9 Å². The number of carbonyl (C=O) groups is 1. The van der Waals surface area contributed by atoms with Gasteiger partial charge in [-0.3, -0.25) is 9.79 Å². The molecule has 0 aromatic heterocycles. The summed E-state index contributed by atoms with van der Waals surface area (Å²) in [7, 11) is -3.87. The van der Waals surface area contributed by atoms with Crippen LogP contribution in [0.2, 0.25) is 0 Å². The van der Waals surface area contributed by atoms with Crippen molar-refractivity contribution < 1.29 is 18.3 Å². The van der Waals surface area contributed by atoms with Crippen molar-refractivity contribution in [3.63, 3.8) is 0 Å². The van der Waals surface area contributed by atoms with Gasteiger partial charge >= 0.3 is 5.97 Å². The number of fused-ring (bicyclic) bond motifs is 1. The number of carboxylic acids is 1. The fourth-order valence-electron chi connectivity index (χ4n) is 3.96. The van der Waals surface area contributed by atoms with E-state index in [-0.39, 0.29) is 22.9 Å². The molecule has 0 spiro atoms. The number of amidine groups is 1. The van der Waals surface area contributed by atoms with Gasteiger partial charge in [0.05, 0.1) is 6.04 Å². The van der Waals surface area contributed by atoms with Gasteiger partial charge in [0.1, 0.15) is 5.84 Å². The summed E-state index contributed by atoms with van der Waals surface area (Å²) >= 11 is 0. The van der Waals surface area contributed by atoms with Gasteiger partial charge in [0.25, 0.3) is 0 Å². The van der Waals surface area contributed by atoms with Crippen molar-refractivity contribution in [3.8, 4) is 0 Å².